The van der Waals surface area contributed by atoms with Crippen LogP contribution in [0.3, 0.4) is 0 Å². The van der Waals surface area contributed by atoms with Crippen LogP contribution >= 0.6 is 22.6 Å². The largest absolute Gasteiger partial charge is 0.396 e. The van der Waals surface area contributed by atoms with Crippen LogP contribution in [0.15, 0.2) is 18.2 Å². The Bertz CT molecular complexity index is 467. The van der Waals surface area contributed by atoms with Gasteiger partial charge in [-0.1, -0.05) is 12.8 Å². The lowest BCUT2D eigenvalue weighted by Gasteiger charge is -2.31. The molecule has 0 radical (unpaired) electrons. The monoisotopic (exact) mass is 376 g/mol. The summed E-state index contributed by atoms with van der Waals surface area (Å²) >= 11 is 2.07. The van der Waals surface area contributed by atoms with Gasteiger partial charge in [0, 0.05) is 28.2 Å². The topological polar surface area (TPSA) is 75.4 Å². The quantitative estimate of drug-likeness (QED) is 0.481. The summed E-state index contributed by atoms with van der Waals surface area (Å²) in [6.07, 6.45) is 4.16. The average molecular weight is 376 g/mol. The van der Waals surface area contributed by atoms with Crippen molar-refractivity contribution >= 4 is 34.0 Å². The maximum absolute atomic E-state index is 11.1. The van der Waals surface area contributed by atoms with Crippen LogP contribution in [0.4, 0.5) is 11.4 Å². The van der Waals surface area contributed by atoms with E-state index in [9.17, 15) is 15.2 Å². The summed E-state index contributed by atoms with van der Waals surface area (Å²) in [7, 11) is 0. The minimum Gasteiger partial charge on any atom is -0.396 e. The van der Waals surface area contributed by atoms with E-state index in [1.54, 1.807) is 12.1 Å². The minimum atomic E-state index is -0.360. The van der Waals surface area contributed by atoms with E-state index in [4.69, 9.17) is 0 Å². The number of halogens is 1. The van der Waals surface area contributed by atoms with Gasteiger partial charge in [-0.15, -0.1) is 0 Å². The van der Waals surface area contributed by atoms with Crippen LogP contribution in [-0.4, -0.2) is 22.7 Å². The van der Waals surface area contributed by atoms with Gasteiger partial charge in [0.15, 0.2) is 0 Å². The number of benzene rings is 1. The van der Waals surface area contributed by atoms with Crippen LogP contribution in [0, 0.1) is 19.6 Å². The Morgan fingerprint density at radius 3 is 2.84 bits per heavy atom. The molecule has 0 heterocycles. The molecular formula is C13H17IN2O3. The van der Waals surface area contributed by atoms with E-state index in [2.05, 4.69) is 27.9 Å². The molecule has 2 rings (SSSR count). The normalized spacial score (nSPS) is 23.1. The first kappa shape index (κ1) is 14.5. The molecule has 1 aliphatic rings. The molecule has 2 N–H and O–H groups in total. The van der Waals surface area contributed by atoms with Crippen molar-refractivity contribution in [2.24, 2.45) is 5.92 Å². The molecule has 1 aliphatic carbocycles. The van der Waals surface area contributed by atoms with Gasteiger partial charge in [0.2, 0.25) is 0 Å². The molecule has 0 aliphatic heterocycles. The van der Waals surface area contributed by atoms with Gasteiger partial charge in [-0.2, -0.15) is 0 Å². The fraction of sp³-hybridized carbons (Fsp3) is 0.538. The van der Waals surface area contributed by atoms with Crippen LogP contribution in [0.5, 0.6) is 0 Å². The standard InChI is InChI=1S/C13H17IN2O3/c14-10-5-6-12(13(7-10)16(18)19)15-11-4-2-1-3-9(11)8-17/h5-7,9,11,15,17H,1-4,8H2. The van der Waals surface area contributed by atoms with Crippen molar-refractivity contribution < 1.29 is 10.0 Å². The first-order chi connectivity index (χ1) is 9.11. The zero-order valence-electron chi connectivity index (χ0n) is 10.5. The zero-order valence-corrected chi connectivity index (χ0v) is 12.7. The zero-order chi connectivity index (χ0) is 13.8. The number of rotatable bonds is 4. The minimum absolute atomic E-state index is 0.106. The van der Waals surface area contributed by atoms with E-state index < -0.39 is 0 Å². The van der Waals surface area contributed by atoms with Gasteiger partial charge in [-0.05, 0) is 47.6 Å². The second-order valence-corrected chi connectivity index (χ2v) is 6.14. The predicted molar refractivity (Wildman–Crippen MR) is 82.3 cm³/mol. The summed E-state index contributed by atoms with van der Waals surface area (Å²) in [5, 5.41) is 23.7. The lowest BCUT2D eigenvalue weighted by atomic mass is 9.85. The van der Waals surface area contributed by atoms with Crippen LogP contribution in [-0.2, 0) is 0 Å². The van der Waals surface area contributed by atoms with Crippen molar-refractivity contribution in [1.82, 2.24) is 0 Å². The van der Waals surface area contributed by atoms with Crippen LogP contribution in [0.1, 0.15) is 25.7 Å². The number of nitrogens with one attached hydrogen (secondary N) is 1. The Morgan fingerprint density at radius 2 is 2.16 bits per heavy atom. The molecular weight excluding hydrogens is 359 g/mol. The highest BCUT2D eigenvalue weighted by atomic mass is 127. The fourth-order valence-electron chi connectivity index (χ4n) is 2.59. The third kappa shape index (κ3) is 3.56. The molecule has 1 fully saturated rings. The third-order valence-corrected chi connectivity index (χ3v) is 4.31. The van der Waals surface area contributed by atoms with Crippen molar-refractivity contribution in [2.45, 2.75) is 31.7 Å². The molecule has 1 aromatic rings. The van der Waals surface area contributed by atoms with Gasteiger partial charge in [0.25, 0.3) is 5.69 Å². The SMILES string of the molecule is O=[N+]([O-])c1cc(I)ccc1NC1CCCCC1CO. The highest BCUT2D eigenvalue weighted by molar-refractivity contribution is 14.1. The maximum atomic E-state index is 11.1. The Balaban J connectivity index is 2.20. The second kappa shape index (κ2) is 6.51. The fourth-order valence-corrected chi connectivity index (χ4v) is 3.07. The number of nitro groups is 1. The van der Waals surface area contributed by atoms with Crippen LogP contribution < -0.4 is 5.32 Å². The van der Waals surface area contributed by atoms with Crippen molar-refractivity contribution in [1.29, 1.82) is 0 Å². The highest BCUT2D eigenvalue weighted by Gasteiger charge is 2.26. The van der Waals surface area contributed by atoms with E-state index in [0.717, 1.165) is 29.3 Å². The van der Waals surface area contributed by atoms with Gasteiger partial charge >= 0.3 is 0 Å². The van der Waals surface area contributed by atoms with Crippen molar-refractivity contribution in [3.8, 4) is 0 Å². The van der Waals surface area contributed by atoms with E-state index in [1.807, 2.05) is 6.07 Å². The van der Waals surface area contributed by atoms with E-state index in [0.29, 0.717) is 5.69 Å². The highest BCUT2D eigenvalue weighted by Crippen LogP contribution is 2.31. The summed E-state index contributed by atoms with van der Waals surface area (Å²) < 4.78 is 0.845. The summed E-state index contributed by atoms with van der Waals surface area (Å²) in [5.41, 5.74) is 0.657. The number of nitro benzene ring substituents is 1. The molecule has 2 unspecified atom stereocenters. The van der Waals surface area contributed by atoms with Crippen LogP contribution in [0.25, 0.3) is 0 Å². The Morgan fingerprint density at radius 1 is 1.42 bits per heavy atom. The number of nitrogens with zero attached hydrogens (tertiary/aromatic N) is 1. The second-order valence-electron chi connectivity index (χ2n) is 4.90. The molecule has 6 heteroatoms. The lowest BCUT2D eigenvalue weighted by Crippen LogP contribution is -2.34. The molecule has 1 aromatic carbocycles. The number of aliphatic hydroxyl groups excluding tert-OH is 1. The predicted octanol–water partition coefficient (Wildman–Crippen LogP) is 3.16. The Hall–Kier alpha value is -0.890. The van der Waals surface area contributed by atoms with E-state index in [-0.39, 0.29) is 29.2 Å². The van der Waals surface area contributed by atoms with Crippen molar-refractivity contribution in [2.75, 3.05) is 11.9 Å². The van der Waals surface area contributed by atoms with Crippen LogP contribution in [0.2, 0.25) is 0 Å². The summed E-state index contributed by atoms with van der Waals surface area (Å²) in [4.78, 5) is 10.7. The van der Waals surface area contributed by atoms with Gasteiger partial charge < -0.3 is 10.4 Å². The lowest BCUT2D eigenvalue weighted by molar-refractivity contribution is -0.384. The number of anilines is 1. The average Bonchev–Trinajstić information content (AvgIpc) is 2.41. The summed E-state index contributed by atoms with van der Waals surface area (Å²) in [5.74, 6) is 0.188. The molecule has 0 amide bonds. The van der Waals surface area contributed by atoms with E-state index in [1.165, 1.54) is 0 Å². The smallest absolute Gasteiger partial charge is 0.293 e. The van der Waals surface area contributed by atoms with Gasteiger partial charge in [0.05, 0.1) is 4.92 Å². The molecule has 1 saturated carbocycles. The first-order valence-corrected chi connectivity index (χ1v) is 7.51. The number of hydrogen-bond acceptors (Lipinski definition) is 4. The van der Waals surface area contributed by atoms with Gasteiger partial charge in [-0.3, -0.25) is 10.1 Å². The van der Waals surface area contributed by atoms with Gasteiger partial charge in [-0.25, -0.2) is 0 Å². The Labute approximate surface area is 125 Å². The molecule has 5 nitrogen and oxygen atoms in total. The number of aliphatic hydroxyl groups is 1. The molecule has 0 spiro atoms. The molecule has 0 saturated heterocycles. The number of hydrogen-bond donors (Lipinski definition) is 2. The molecule has 0 bridgehead atoms. The molecule has 0 aromatic heterocycles. The van der Waals surface area contributed by atoms with Gasteiger partial charge in [0.1, 0.15) is 5.69 Å². The van der Waals surface area contributed by atoms with E-state index >= 15 is 0 Å². The molecule has 2 atom stereocenters. The Kier molecular flexibility index (Phi) is 4.98. The third-order valence-electron chi connectivity index (χ3n) is 3.64. The van der Waals surface area contributed by atoms with Crippen molar-refractivity contribution in [3.63, 3.8) is 0 Å². The van der Waals surface area contributed by atoms with Crippen molar-refractivity contribution in [3.05, 3.63) is 31.9 Å². The summed E-state index contributed by atoms with van der Waals surface area (Å²) in [6.45, 7) is 0.135. The first-order valence-electron chi connectivity index (χ1n) is 6.43. The maximum Gasteiger partial charge on any atom is 0.293 e. The summed E-state index contributed by atoms with van der Waals surface area (Å²) in [6, 6.07) is 5.30. The molecule has 19 heavy (non-hydrogen) atoms. The molecule has 104 valence electrons.